The van der Waals surface area contributed by atoms with E-state index in [2.05, 4.69) is 15.5 Å². The number of aryl methyl sites for hydroxylation is 2. The largest absolute Gasteiger partial charge is 0.495 e. The molecule has 0 aliphatic carbocycles. The number of nitrogens with zero attached hydrogens (tertiary/aromatic N) is 3. The summed E-state index contributed by atoms with van der Waals surface area (Å²) in [5, 5.41) is 6.58. The first kappa shape index (κ1) is 22.2. The highest BCUT2D eigenvalue weighted by molar-refractivity contribution is 7.89. The van der Waals surface area contributed by atoms with Crippen molar-refractivity contribution in [1.29, 1.82) is 0 Å². The van der Waals surface area contributed by atoms with E-state index in [1.165, 1.54) is 23.5 Å². The standard InChI is InChI=1S/C19H26N4O6S/c1-3-4-17-21-19(29-22-17)8-7-18(24)20-14-5-6-15(27-2)16(13-14)30(25,26)23-9-11-28-12-10-23/h5-6,13H,3-4,7-12H2,1-2H3,(H,20,24). The van der Waals surface area contributed by atoms with Gasteiger partial charge in [-0.25, -0.2) is 8.42 Å². The van der Waals surface area contributed by atoms with Crippen molar-refractivity contribution in [3.63, 3.8) is 0 Å². The van der Waals surface area contributed by atoms with Crippen molar-refractivity contribution in [2.24, 2.45) is 0 Å². The lowest BCUT2D eigenvalue weighted by atomic mass is 10.2. The third-order valence-corrected chi connectivity index (χ3v) is 6.50. The van der Waals surface area contributed by atoms with Crippen LogP contribution in [0.5, 0.6) is 5.75 Å². The molecule has 11 heteroatoms. The summed E-state index contributed by atoms with van der Waals surface area (Å²) in [7, 11) is -2.37. The molecule has 1 aliphatic rings. The van der Waals surface area contributed by atoms with E-state index >= 15 is 0 Å². The molecule has 2 heterocycles. The normalized spacial score (nSPS) is 15.1. The summed E-state index contributed by atoms with van der Waals surface area (Å²) in [6.45, 7) is 3.24. The van der Waals surface area contributed by atoms with Gasteiger partial charge in [0, 0.05) is 38.0 Å². The van der Waals surface area contributed by atoms with Crippen LogP contribution in [-0.4, -0.2) is 62.2 Å². The molecule has 1 fully saturated rings. The second-order valence-electron chi connectivity index (χ2n) is 6.78. The van der Waals surface area contributed by atoms with Gasteiger partial charge < -0.3 is 19.3 Å². The van der Waals surface area contributed by atoms with Crippen molar-refractivity contribution in [2.45, 2.75) is 37.5 Å². The number of morpholine rings is 1. The van der Waals surface area contributed by atoms with Gasteiger partial charge in [0.2, 0.25) is 21.8 Å². The SMILES string of the molecule is CCCc1noc(CCC(=O)Nc2ccc(OC)c(S(=O)(=O)N3CCOCC3)c2)n1. The first-order chi connectivity index (χ1) is 14.4. The number of aromatic nitrogens is 2. The third-order valence-electron chi connectivity index (χ3n) is 4.58. The van der Waals surface area contributed by atoms with E-state index < -0.39 is 10.0 Å². The average Bonchev–Trinajstić information content (AvgIpc) is 3.20. The number of amides is 1. The number of methoxy groups -OCH3 is 1. The number of benzene rings is 1. The molecule has 0 atom stereocenters. The van der Waals surface area contributed by atoms with Crippen molar-refractivity contribution in [3.8, 4) is 5.75 Å². The van der Waals surface area contributed by atoms with Crippen LogP contribution in [0.15, 0.2) is 27.6 Å². The van der Waals surface area contributed by atoms with Crippen LogP contribution in [0.25, 0.3) is 0 Å². The molecule has 3 rings (SSSR count). The monoisotopic (exact) mass is 438 g/mol. The van der Waals surface area contributed by atoms with Gasteiger partial charge >= 0.3 is 0 Å². The Morgan fingerprint density at radius 2 is 2.03 bits per heavy atom. The van der Waals surface area contributed by atoms with Gasteiger partial charge in [0.1, 0.15) is 10.6 Å². The maximum absolute atomic E-state index is 13.0. The van der Waals surface area contributed by atoms with Gasteiger partial charge in [-0.15, -0.1) is 0 Å². The minimum absolute atomic E-state index is 0.00538. The Morgan fingerprint density at radius 1 is 1.27 bits per heavy atom. The van der Waals surface area contributed by atoms with Crippen LogP contribution >= 0.6 is 0 Å². The fourth-order valence-electron chi connectivity index (χ4n) is 3.04. The summed E-state index contributed by atoms with van der Waals surface area (Å²) in [5.41, 5.74) is 0.366. The van der Waals surface area contributed by atoms with Crippen LogP contribution in [-0.2, 0) is 32.4 Å². The summed E-state index contributed by atoms with van der Waals surface area (Å²) in [5.74, 6) is 0.957. The zero-order chi connectivity index (χ0) is 21.6. The summed E-state index contributed by atoms with van der Waals surface area (Å²) in [6.07, 6.45) is 2.07. The predicted octanol–water partition coefficient (Wildman–Crippen LogP) is 1.62. The molecule has 0 bridgehead atoms. The van der Waals surface area contributed by atoms with E-state index in [1.54, 1.807) is 6.07 Å². The first-order valence-corrected chi connectivity index (χ1v) is 11.2. The lowest BCUT2D eigenvalue weighted by molar-refractivity contribution is -0.116. The number of hydrogen-bond acceptors (Lipinski definition) is 8. The molecule has 0 spiro atoms. The van der Waals surface area contributed by atoms with Crippen LogP contribution in [0.4, 0.5) is 5.69 Å². The number of hydrogen-bond donors (Lipinski definition) is 1. The van der Waals surface area contributed by atoms with Crippen LogP contribution in [0.1, 0.15) is 31.5 Å². The van der Waals surface area contributed by atoms with Gasteiger partial charge in [-0.05, 0) is 24.6 Å². The minimum atomic E-state index is -3.78. The summed E-state index contributed by atoms with van der Waals surface area (Å²) < 4.78 is 43.0. The maximum Gasteiger partial charge on any atom is 0.246 e. The van der Waals surface area contributed by atoms with Gasteiger partial charge in [0.25, 0.3) is 0 Å². The zero-order valence-electron chi connectivity index (χ0n) is 17.1. The van der Waals surface area contributed by atoms with Gasteiger partial charge in [-0.1, -0.05) is 12.1 Å². The molecule has 0 radical (unpaired) electrons. The molecule has 164 valence electrons. The van der Waals surface area contributed by atoms with Crippen molar-refractivity contribution >= 4 is 21.6 Å². The topological polar surface area (TPSA) is 124 Å². The Hall–Kier alpha value is -2.50. The quantitative estimate of drug-likeness (QED) is 0.626. The van der Waals surface area contributed by atoms with E-state index in [9.17, 15) is 13.2 Å². The molecular weight excluding hydrogens is 412 g/mol. The van der Waals surface area contributed by atoms with E-state index in [0.717, 1.165) is 12.8 Å². The van der Waals surface area contributed by atoms with E-state index in [-0.39, 0.29) is 36.1 Å². The predicted molar refractivity (Wildman–Crippen MR) is 108 cm³/mol. The summed E-state index contributed by atoms with van der Waals surface area (Å²) >= 11 is 0. The Morgan fingerprint density at radius 3 is 2.73 bits per heavy atom. The molecule has 1 saturated heterocycles. The minimum Gasteiger partial charge on any atom is -0.495 e. The van der Waals surface area contributed by atoms with Gasteiger partial charge in [-0.2, -0.15) is 9.29 Å². The zero-order valence-corrected chi connectivity index (χ0v) is 17.9. The third kappa shape index (κ3) is 5.35. The van der Waals surface area contributed by atoms with Crippen molar-refractivity contribution in [2.75, 3.05) is 38.7 Å². The van der Waals surface area contributed by atoms with Crippen LogP contribution in [0.3, 0.4) is 0 Å². The molecule has 1 aromatic carbocycles. The molecule has 1 aliphatic heterocycles. The lowest BCUT2D eigenvalue weighted by Gasteiger charge is -2.26. The number of carbonyl (C=O) groups excluding carboxylic acids is 1. The summed E-state index contributed by atoms with van der Waals surface area (Å²) in [4.78, 5) is 16.6. The molecule has 1 N–H and O–H groups in total. The average molecular weight is 439 g/mol. The highest BCUT2D eigenvalue weighted by Gasteiger charge is 2.29. The molecule has 0 saturated carbocycles. The number of sulfonamides is 1. The molecule has 0 unspecified atom stereocenters. The Balaban J connectivity index is 1.68. The number of anilines is 1. The number of nitrogens with one attached hydrogen (secondary N) is 1. The molecular formula is C19H26N4O6S. The van der Waals surface area contributed by atoms with E-state index in [0.29, 0.717) is 37.0 Å². The fraction of sp³-hybridized carbons (Fsp3) is 0.526. The molecule has 10 nitrogen and oxygen atoms in total. The van der Waals surface area contributed by atoms with Crippen molar-refractivity contribution in [3.05, 3.63) is 29.9 Å². The maximum atomic E-state index is 13.0. The highest BCUT2D eigenvalue weighted by atomic mass is 32.2. The molecule has 1 amide bonds. The second-order valence-corrected chi connectivity index (χ2v) is 8.69. The van der Waals surface area contributed by atoms with Gasteiger partial charge in [-0.3, -0.25) is 4.79 Å². The van der Waals surface area contributed by atoms with Crippen LogP contribution in [0.2, 0.25) is 0 Å². The second kappa shape index (κ2) is 10.0. The van der Waals surface area contributed by atoms with Gasteiger partial charge in [0.05, 0.1) is 20.3 Å². The van der Waals surface area contributed by atoms with Crippen LogP contribution < -0.4 is 10.1 Å². The molecule has 30 heavy (non-hydrogen) atoms. The smallest absolute Gasteiger partial charge is 0.246 e. The van der Waals surface area contributed by atoms with Gasteiger partial charge in [0.15, 0.2) is 5.82 Å². The van der Waals surface area contributed by atoms with Crippen molar-refractivity contribution < 1.29 is 27.2 Å². The Bertz CT molecular complexity index is 969. The Labute approximate surface area is 175 Å². The Kier molecular flexibility index (Phi) is 7.40. The number of carbonyl (C=O) groups is 1. The fourth-order valence-corrected chi connectivity index (χ4v) is 4.63. The molecule has 2 aromatic rings. The number of ether oxygens (including phenoxy) is 2. The first-order valence-electron chi connectivity index (χ1n) is 9.81. The number of rotatable bonds is 9. The van der Waals surface area contributed by atoms with Crippen molar-refractivity contribution in [1.82, 2.24) is 14.4 Å². The van der Waals surface area contributed by atoms with E-state index in [4.69, 9.17) is 14.0 Å². The summed E-state index contributed by atoms with van der Waals surface area (Å²) in [6, 6.07) is 4.53. The highest BCUT2D eigenvalue weighted by Crippen LogP contribution is 2.30. The lowest BCUT2D eigenvalue weighted by Crippen LogP contribution is -2.40. The van der Waals surface area contributed by atoms with E-state index in [1.807, 2.05) is 6.92 Å². The van der Waals surface area contributed by atoms with Crippen LogP contribution in [0, 0.1) is 0 Å². The molecule has 1 aromatic heterocycles.